The van der Waals surface area contributed by atoms with Crippen LogP contribution in [-0.4, -0.2) is 32.1 Å². The average molecular weight is 415 g/mol. The van der Waals surface area contributed by atoms with Crippen LogP contribution in [0.25, 0.3) is 9.75 Å². The molecule has 1 aliphatic heterocycles. The van der Waals surface area contributed by atoms with Gasteiger partial charge in [0.2, 0.25) is 9.84 Å². The van der Waals surface area contributed by atoms with Crippen LogP contribution < -0.4 is 0 Å². The number of carboxylic acid groups (broad SMARTS) is 1. The van der Waals surface area contributed by atoms with Crippen LogP contribution in [0.1, 0.15) is 43.6 Å². The molecule has 7 nitrogen and oxygen atoms in total. The van der Waals surface area contributed by atoms with Gasteiger partial charge in [-0.2, -0.15) is 0 Å². The number of nitrogens with zero attached hydrogens (tertiary/aromatic N) is 1. The van der Waals surface area contributed by atoms with Crippen LogP contribution in [0.2, 0.25) is 0 Å². The highest BCUT2D eigenvalue weighted by atomic mass is 32.2. The smallest absolute Gasteiger partial charge is 0.336 e. The first-order valence-corrected chi connectivity index (χ1v) is 10.2. The molecule has 0 aromatic heterocycles. The summed E-state index contributed by atoms with van der Waals surface area (Å²) in [5.41, 5.74) is -0.709. The number of hydrogen-bond donors (Lipinski definition) is 1. The van der Waals surface area contributed by atoms with Gasteiger partial charge in [0, 0.05) is 0 Å². The Morgan fingerprint density at radius 2 is 1.72 bits per heavy atom. The van der Waals surface area contributed by atoms with E-state index in [4.69, 9.17) is 16.4 Å². The number of ether oxygens (including phenoxy) is 1. The molecule has 1 aromatic rings. The lowest BCUT2D eigenvalue weighted by molar-refractivity contribution is -0.138. The van der Waals surface area contributed by atoms with Crippen molar-refractivity contribution >= 4 is 26.7 Å². The monoisotopic (exact) mass is 415 g/mol. The Labute approximate surface area is 169 Å². The number of benzene rings is 1. The van der Waals surface area contributed by atoms with Crippen LogP contribution in [0.15, 0.2) is 52.6 Å². The maximum absolute atomic E-state index is 13.3. The molecule has 0 amide bonds. The van der Waals surface area contributed by atoms with Crippen LogP contribution in [0.3, 0.4) is 0 Å². The van der Waals surface area contributed by atoms with Gasteiger partial charge in [-0.3, -0.25) is 4.79 Å². The first-order valence-electron chi connectivity index (χ1n) is 8.75. The normalized spacial score (nSPS) is 17.5. The van der Waals surface area contributed by atoms with E-state index in [1.807, 2.05) is 0 Å². The molecule has 1 aromatic carbocycles. The van der Waals surface area contributed by atoms with Crippen LogP contribution in [0.5, 0.6) is 0 Å². The van der Waals surface area contributed by atoms with E-state index in [1.54, 1.807) is 27.7 Å². The lowest BCUT2D eigenvalue weighted by Gasteiger charge is -2.27. The van der Waals surface area contributed by atoms with Crippen molar-refractivity contribution in [2.45, 2.75) is 27.7 Å². The fourth-order valence-corrected chi connectivity index (χ4v) is 4.85. The van der Waals surface area contributed by atoms with Crippen molar-refractivity contribution in [2.75, 3.05) is 6.61 Å². The van der Waals surface area contributed by atoms with E-state index in [2.05, 4.69) is 4.85 Å². The molecule has 0 fully saturated rings. The lowest BCUT2D eigenvalue weighted by atomic mass is 9.93. The maximum Gasteiger partial charge on any atom is 0.336 e. The predicted molar refractivity (Wildman–Crippen MR) is 108 cm³/mol. The topological polar surface area (TPSA) is 102 Å². The van der Waals surface area contributed by atoms with Crippen LogP contribution in [-0.2, 0) is 19.4 Å². The van der Waals surface area contributed by atoms with Gasteiger partial charge in [-0.1, -0.05) is 32.9 Å². The summed E-state index contributed by atoms with van der Waals surface area (Å²) in [7, 11) is -3.94. The number of aromatic carboxylic acids is 1. The molecule has 0 unspecified atom stereocenters. The van der Waals surface area contributed by atoms with E-state index < -0.39 is 27.2 Å². The Hall–Kier alpha value is -3.18. The van der Waals surface area contributed by atoms with Crippen LogP contribution >= 0.6 is 0 Å². The maximum atomic E-state index is 13.3. The van der Waals surface area contributed by atoms with E-state index in [1.165, 1.54) is 36.4 Å². The van der Waals surface area contributed by atoms with Gasteiger partial charge in [0.15, 0.2) is 0 Å². The van der Waals surface area contributed by atoms with E-state index in [0.29, 0.717) is 0 Å². The summed E-state index contributed by atoms with van der Waals surface area (Å²) in [6.45, 7) is 14.2. The highest BCUT2D eigenvalue weighted by molar-refractivity contribution is 8.04. The second kappa shape index (κ2) is 8.05. The fraction of sp³-hybridized carbons (Fsp3) is 0.286. The number of hydrogen-bond acceptors (Lipinski definition) is 5. The number of carbonyl (C=O) groups is 2. The Balaban J connectivity index is 2.80. The Kier molecular flexibility index (Phi) is 6.14. The standard InChI is InChI=1S/C21H21NO6S/c1-6-28-20(25)18(22-5)15-11-16(13-7-9-14(10-8-13)19(23)24)29(26,27)17(12-15)21(2,3)4/h7-12H,6H2,1-4H3,(H,23,24). The number of esters is 1. The largest absolute Gasteiger partial charge is 0.478 e. The molecule has 0 radical (unpaired) electrons. The zero-order chi connectivity index (χ0) is 22.0. The molecule has 29 heavy (non-hydrogen) atoms. The molecule has 0 saturated carbocycles. The number of carboxylic acids is 1. The van der Waals surface area contributed by atoms with Crippen molar-refractivity contribution in [3.8, 4) is 0 Å². The van der Waals surface area contributed by atoms with Crippen molar-refractivity contribution < 1.29 is 27.9 Å². The molecular formula is C21H21NO6S. The van der Waals surface area contributed by atoms with Crippen molar-refractivity contribution in [2.24, 2.45) is 5.41 Å². The zero-order valence-electron chi connectivity index (χ0n) is 16.5. The molecule has 1 aliphatic rings. The SMILES string of the molecule is [C-]#[N+]C(C(=O)OCC)=C1C=C(c2ccc(C(=O)O)cc2)S(=O)(=O)C(C(C)(C)C)=C1. The average Bonchev–Trinajstić information content (AvgIpc) is 2.62. The van der Waals surface area contributed by atoms with Gasteiger partial charge in [-0.15, -0.1) is 0 Å². The molecule has 0 aliphatic carbocycles. The second-order valence-electron chi connectivity index (χ2n) is 7.29. The Morgan fingerprint density at radius 1 is 1.14 bits per heavy atom. The molecule has 0 saturated heterocycles. The number of carbonyl (C=O) groups excluding carboxylic acids is 1. The van der Waals surface area contributed by atoms with Gasteiger partial charge in [0.25, 0.3) is 5.70 Å². The first kappa shape index (κ1) is 22.1. The number of sulfone groups is 1. The Morgan fingerprint density at radius 3 is 2.17 bits per heavy atom. The summed E-state index contributed by atoms with van der Waals surface area (Å²) < 4.78 is 31.4. The third kappa shape index (κ3) is 4.46. The minimum absolute atomic E-state index is 0.0123. The van der Waals surface area contributed by atoms with Crippen molar-refractivity contribution in [1.82, 2.24) is 0 Å². The lowest BCUT2D eigenvalue weighted by Crippen LogP contribution is -2.22. The van der Waals surface area contributed by atoms with Gasteiger partial charge in [-0.05, 0) is 47.8 Å². The molecule has 0 spiro atoms. The summed E-state index contributed by atoms with van der Waals surface area (Å²) in [5, 5.41) is 9.06. The predicted octanol–water partition coefficient (Wildman–Crippen LogP) is 3.82. The van der Waals surface area contributed by atoms with Gasteiger partial charge in [0.1, 0.15) is 0 Å². The van der Waals surface area contributed by atoms with Gasteiger partial charge >= 0.3 is 11.9 Å². The Bertz CT molecular complexity index is 1090. The van der Waals surface area contributed by atoms with Crippen molar-refractivity contribution in [3.05, 3.63) is 75.1 Å². The minimum Gasteiger partial charge on any atom is -0.478 e. The number of allylic oxidation sites excluding steroid dienone is 4. The minimum atomic E-state index is -3.94. The molecule has 1 heterocycles. The molecule has 8 heteroatoms. The zero-order valence-corrected chi connectivity index (χ0v) is 17.3. The highest BCUT2D eigenvalue weighted by Crippen LogP contribution is 2.42. The van der Waals surface area contributed by atoms with Crippen molar-refractivity contribution in [1.29, 1.82) is 0 Å². The van der Waals surface area contributed by atoms with E-state index in [9.17, 15) is 18.0 Å². The van der Waals surface area contributed by atoms with Gasteiger partial charge < -0.3 is 9.84 Å². The highest BCUT2D eigenvalue weighted by Gasteiger charge is 2.36. The summed E-state index contributed by atoms with van der Waals surface area (Å²) in [6, 6.07) is 5.37. The van der Waals surface area contributed by atoms with Crippen LogP contribution in [0.4, 0.5) is 0 Å². The summed E-state index contributed by atoms with van der Waals surface area (Å²) >= 11 is 0. The van der Waals surface area contributed by atoms with E-state index in [-0.39, 0.29) is 38.8 Å². The quantitative estimate of drug-likeness (QED) is 0.456. The summed E-state index contributed by atoms with van der Waals surface area (Å²) in [4.78, 5) is 26.5. The molecule has 0 bridgehead atoms. The summed E-state index contributed by atoms with van der Waals surface area (Å²) in [5.74, 6) is -1.97. The molecule has 1 N–H and O–H groups in total. The van der Waals surface area contributed by atoms with Gasteiger partial charge in [-0.25, -0.2) is 18.1 Å². The molecule has 0 atom stereocenters. The molecule has 2 rings (SSSR count). The van der Waals surface area contributed by atoms with E-state index in [0.717, 1.165) is 0 Å². The second-order valence-corrected chi connectivity index (χ2v) is 9.18. The summed E-state index contributed by atoms with van der Waals surface area (Å²) in [6.07, 6.45) is 2.58. The fourth-order valence-electron chi connectivity index (χ4n) is 2.80. The van der Waals surface area contributed by atoms with Crippen molar-refractivity contribution in [3.63, 3.8) is 0 Å². The molecule has 152 valence electrons. The molecular weight excluding hydrogens is 394 g/mol. The van der Waals surface area contributed by atoms with Crippen LogP contribution in [0, 0.1) is 12.0 Å². The third-order valence-electron chi connectivity index (χ3n) is 4.16. The van der Waals surface area contributed by atoms with Gasteiger partial charge in [0.05, 0.1) is 28.6 Å². The number of rotatable bonds is 4. The van der Waals surface area contributed by atoms with E-state index >= 15 is 0 Å². The third-order valence-corrected chi connectivity index (χ3v) is 6.40. The first-order chi connectivity index (χ1) is 13.4.